The monoisotopic (exact) mass is 324 g/mol. The van der Waals surface area contributed by atoms with Crippen LogP contribution < -0.4 is 5.32 Å². The molecule has 0 unspecified atom stereocenters. The maximum absolute atomic E-state index is 12.4. The average Bonchev–Trinajstić information content (AvgIpc) is 3.03. The Balaban J connectivity index is 1.98. The molecule has 0 aliphatic heterocycles. The van der Waals surface area contributed by atoms with Gasteiger partial charge in [0.15, 0.2) is 0 Å². The fourth-order valence-corrected chi connectivity index (χ4v) is 3.07. The molecule has 24 heavy (non-hydrogen) atoms. The van der Waals surface area contributed by atoms with Crippen LogP contribution in [0.2, 0.25) is 0 Å². The smallest absolute Gasteiger partial charge is 0.235 e. The molecule has 0 atom stereocenters. The maximum Gasteiger partial charge on any atom is 0.235 e. The first kappa shape index (κ1) is 18.0. The van der Waals surface area contributed by atoms with Crippen molar-refractivity contribution >= 4 is 5.91 Å². The largest absolute Gasteiger partial charge is 0.337 e. The zero-order chi connectivity index (χ0) is 17.6. The van der Waals surface area contributed by atoms with Gasteiger partial charge in [0.05, 0.1) is 24.2 Å². The van der Waals surface area contributed by atoms with Crippen molar-refractivity contribution in [2.75, 3.05) is 6.54 Å². The Bertz CT molecular complexity index is 645. The molecule has 126 valence electrons. The van der Waals surface area contributed by atoms with Gasteiger partial charge in [0.25, 0.3) is 0 Å². The van der Waals surface area contributed by atoms with Crippen LogP contribution in [0.5, 0.6) is 0 Å². The van der Waals surface area contributed by atoms with Gasteiger partial charge in [-0.15, -0.1) is 0 Å². The van der Waals surface area contributed by atoms with E-state index in [1.54, 1.807) is 12.1 Å². The van der Waals surface area contributed by atoms with Gasteiger partial charge in [-0.25, -0.2) is 0 Å². The van der Waals surface area contributed by atoms with Crippen LogP contribution in [0.4, 0.5) is 0 Å². The molecule has 1 amide bonds. The Labute approximate surface area is 143 Å². The molecular formula is C19H24N4O. The lowest BCUT2D eigenvalue weighted by Gasteiger charge is -2.28. The lowest BCUT2D eigenvalue weighted by molar-refractivity contribution is -0.124. The van der Waals surface area contributed by atoms with Crippen molar-refractivity contribution in [2.45, 2.75) is 57.7 Å². The fraction of sp³-hybridized carbons (Fsp3) is 0.526. The average molecular weight is 324 g/mol. The van der Waals surface area contributed by atoms with Crippen LogP contribution in [0.25, 0.3) is 0 Å². The number of hydrogen-bond acceptors (Lipinski definition) is 4. The summed E-state index contributed by atoms with van der Waals surface area (Å²) in [7, 11) is 0. The van der Waals surface area contributed by atoms with Crippen molar-refractivity contribution in [2.24, 2.45) is 0 Å². The summed E-state index contributed by atoms with van der Waals surface area (Å²) in [6.07, 6.45) is 3.47. The fourth-order valence-electron chi connectivity index (χ4n) is 3.07. The van der Waals surface area contributed by atoms with E-state index in [9.17, 15) is 10.1 Å². The lowest BCUT2D eigenvalue weighted by atomic mass is 10.00. The summed E-state index contributed by atoms with van der Waals surface area (Å²) in [4.78, 5) is 14.5. The molecule has 0 saturated heterocycles. The summed E-state index contributed by atoms with van der Waals surface area (Å²) in [6, 6.07) is 12.0. The van der Waals surface area contributed by atoms with E-state index in [4.69, 9.17) is 5.26 Å². The lowest BCUT2D eigenvalue weighted by Crippen LogP contribution is -2.49. The van der Waals surface area contributed by atoms with Gasteiger partial charge in [-0.05, 0) is 57.2 Å². The van der Waals surface area contributed by atoms with Crippen LogP contribution >= 0.6 is 0 Å². The van der Waals surface area contributed by atoms with Crippen molar-refractivity contribution in [3.05, 3.63) is 35.4 Å². The van der Waals surface area contributed by atoms with Crippen LogP contribution in [-0.2, 0) is 11.3 Å². The zero-order valence-electron chi connectivity index (χ0n) is 14.4. The molecule has 1 fully saturated rings. The first-order chi connectivity index (χ1) is 11.5. The van der Waals surface area contributed by atoms with Gasteiger partial charge < -0.3 is 5.32 Å². The summed E-state index contributed by atoms with van der Waals surface area (Å²) in [5, 5.41) is 21.2. The molecule has 0 spiro atoms. The normalized spacial score (nSPS) is 15.9. The maximum atomic E-state index is 12.4. The highest BCUT2D eigenvalue weighted by Gasteiger charge is 2.35. The number of benzene rings is 1. The minimum Gasteiger partial charge on any atom is -0.337 e. The second-order valence-electron chi connectivity index (χ2n) is 6.76. The van der Waals surface area contributed by atoms with Crippen molar-refractivity contribution in [1.82, 2.24) is 10.2 Å². The number of hydrogen-bond donors (Lipinski definition) is 1. The van der Waals surface area contributed by atoms with Gasteiger partial charge >= 0.3 is 0 Å². The standard InChI is InChI=1S/C19H24N4O/c1-15(2)23(12-17-7-5-16(11-20)6-8-17)13-18(24)22-19(14-21)9-3-4-10-19/h5-8,15H,3-4,9-10,12-13H2,1-2H3,(H,22,24). The number of nitrogens with one attached hydrogen (secondary N) is 1. The predicted octanol–water partition coefficient (Wildman–Crippen LogP) is 2.72. The summed E-state index contributed by atoms with van der Waals surface area (Å²) in [6.45, 7) is 5.00. The van der Waals surface area contributed by atoms with Crippen LogP contribution in [0.3, 0.4) is 0 Å². The van der Waals surface area contributed by atoms with Crippen LogP contribution in [0.1, 0.15) is 50.7 Å². The first-order valence-corrected chi connectivity index (χ1v) is 8.43. The number of rotatable bonds is 6. The molecule has 0 aromatic heterocycles. The highest BCUT2D eigenvalue weighted by molar-refractivity contribution is 5.79. The molecule has 1 aliphatic carbocycles. The summed E-state index contributed by atoms with van der Waals surface area (Å²) in [5.74, 6) is -0.0965. The second kappa shape index (κ2) is 7.95. The Kier molecular flexibility index (Phi) is 5.95. The predicted molar refractivity (Wildman–Crippen MR) is 91.7 cm³/mol. The molecule has 0 heterocycles. The van der Waals surface area contributed by atoms with Crippen LogP contribution in [0, 0.1) is 22.7 Å². The Morgan fingerprint density at radius 1 is 1.25 bits per heavy atom. The van der Waals surface area contributed by atoms with Crippen molar-refractivity contribution in [3.63, 3.8) is 0 Å². The molecular weight excluding hydrogens is 300 g/mol. The number of amides is 1. The highest BCUT2D eigenvalue weighted by Crippen LogP contribution is 2.28. The SMILES string of the molecule is CC(C)N(CC(=O)NC1(C#N)CCCC1)Cc1ccc(C#N)cc1. The Hall–Kier alpha value is -2.37. The minimum atomic E-state index is -0.672. The number of carbonyl (C=O) groups is 1. The van der Waals surface area contributed by atoms with E-state index in [0.717, 1.165) is 31.2 Å². The van der Waals surface area contributed by atoms with Crippen molar-refractivity contribution < 1.29 is 4.79 Å². The van der Waals surface area contributed by atoms with E-state index in [1.807, 2.05) is 26.0 Å². The van der Waals surface area contributed by atoms with Crippen LogP contribution in [-0.4, -0.2) is 28.9 Å². The molecule has 1 aromatic carbocycles. The summed E-state index contributed by atoms with van der Waals surface area (Å²) < 4.78 is 0. The third-order valence-electron chi connectivity index (χ3n) is 4.60. The quantitative estimate of drug-likeness (QED) is 0.872. The van der Waals surface area contributed by atoms with E-state index < -0.39 is 5.54 Å². The third kappa shape index (κ3) is 4.57. The van der Waals surface area contributed by atoms with Gasteiger partial charge in [0.2, 0.25) is 5.91 Å². The van der Waals surface area contributed by atoms with Gasteiger partial charge in [0, 0.05) is 12.6 Å². The molecule has 5 nitrogen and oxygen atoms in total. The summed E-state index contributed by atoms with van der Waals surface area (Å²) >= 11 is 0. The van der Waals surface area contributed by atoms with E-state index in [2.05, 4.69) is 22.4 Å². The molecule has 1 aromatic rings. The molecule has 1 aliphatic rings. The van der Waals surface area contributed by atoms with E-state index in [0.29, 0.717) is 12.1 Å². The van der Waals surface area contributed by atoms with Crippen molar-refractivity contribution in [1.29, 1.82) is 10.5 Å². The first-order valence-electron chi connectivity index (χ1n) is 8.43. The zero-order valence-corrected chi connectivity index (χ0v) is 14.4. The third-order valence-corrected chi connectivity index (χ3v) is 4.60. The highest BCUT2D eigenvalue weighted by atomic mass is 16.2. The minimum absolute atomic E-state index is 0.0965. The van der Waals surface area contributed by atoms with Gasteiger partial charge in [-0.3, -0.25) is 9.69 Å². The van der Waals surface area contributed by atoms with Gasteiger partial charge in [-0.2, -0.15) is 10.5 Å². The summed E-state index contributed by atoms with van der Waals surface area (Å²) in [5.41, 5.74) is 1.02. The van der Waals surface area contributed by atoms with E-state index in [-0.39, 0.29) is 18.5 Å². The molecule has 5 heteroatoms. The second-order valence-corrected chi connectivity index (χ2v) is 6.76. The molecule has 1 N–H and O–H groups in total. The van der Waals surface area contributed by atoms with Crippen molar-refractivity contribution in [3.8, 4) is 12.1 Å². The van der Waals surface area contributed by atoms with Gasteiger partial charge in [-0.1, -0.05) is 12.1 Å². The molecule has 2 rings (SSSR count). The molecule has 0 radical (unpaired) electrons. The number of nitriles is 2. The van der Waals surface area contributed by atoms with E-state index in [1.165, 1.54) is 0 Å². The number of nitrogens with zero attached hydrogens (tertiary/aromatic N) is 3. The molecule has 0 bridgehead atoms. The topological polar surface area (TPSA) is 79.9 Å². The van der Waals surface area contributed by atoms with Crippen LogP contribution in [0.15, 0.2) is 24.3 Å². The number of carbonyl (C=O) groups excluding carboxylic acids is 1. The molecule has 1 saturated carbocycles. The van der Waals surface area contributed by atoms with Gasteiger partial charge in [0.1, 0.15) is 5.54 Å². The Morgan fingerprint density at radius 2 is 1.88 bits per heavy atom. The Morgan fingerprint density at radius 3 is 2.38 bits per heavy atom. The van der Waals surface area contributed by atoms with E-state index >= 15 is 0 Å².